The number of benzene rings is 1. The van der Waals surface area contributed by atoms with Gasteiger partial charge >= 0.3 is 11.9 Å². The lowest BCUT2D eigenvalue weighted by molar-refractivity contribution is -0.153. The number of aryl methyl sites for hydroxylation is 1. The zero-order valence-electron chi connectivity index (χ0n) is 13.4. The van der Waals surface area contributed by atoms with Gasteiger partial charge in [-0.05, 0) is 18.6 Å². The molecule has 0 spiro atoms. The van der Waals surface area contributed by atoms with Crippen LogP contribution in [-0.2, 0) is 19.1 Å². The van der Waals surface area contributed by atoms with E-state index in [1.54, 1.807) is 4.90 Å². The number of amides is 2. The SMILES string of the molecule is COC(=O)C(=O)NCC(=O)N1CCN(c2ccccc2C)CC1. The molecule has 2 amide bonds. The largest absolute Gasteiger partial charge is 0.462 e. The molecule has 1 aliphatic heterocycles. The maximum absolute atomic E-state index is 12.1. The second-order valence-electron chi connectivity index (χ2n) is 5.33. The zero-order valence-corrected chi connectivity index (χ0v) is 13.4. The number of nitrogens with one attached hydrogen (secondary N) is 1. The van der Waals surface area contributed by atoms with Crippen LogP contribution in [0.15, 0.2) is 24.3 Å². The number of piperazine rings is 1. The van der Waals surface area contributed by atoms with E-state index in [0.29, 0.717) is 13.1 Å². The number of carbonyl (C=O) groups excluding carboxylic acids is 3. The first-order chi connectivity index (χ1) is 11.0. The van der Waals surface area contributed by atoms with E-state index in [1.807, 2.05) is 12.1 Å². The minimum Gasteiger partial charge on any atom is -0.462 e. The molecule has 1 aliphatic rings. The normalized spacial score (nSPS) is 14.3. The number of anilines is 1. The maximum atomic E-state index is 12.1. The molecule has 0 radical (unpaired) electrons. The van der Waals surface area contributed by atoms with E-state index in [0.717, 1.165) is 20.2 Å². The number of hydrogen-bond acceptors (Lipinski definition) is 5. The van der Waals surface area contributed by atoms with Crippen molar-refractivity contribution in [3.05, 3.63) is 29.8 Å². The highest BCUT2D eigenvalue weighted by Gasteiger charge is 2.23. The van der Waals surface area contributed by atoms with Crippen LogP contribution >= 0.6 is 0 Å². The number of methoxy groups -OCH3 is 1. The Balaban J connectivity index is 1.82. The molecular formula is C16H21N3O4. The van der Waals surface area contributed by atoms with Crippen LogP contribution in [0.1, 0.15) is 5.56 Å². The molecule has 7 nitrogen and oxygen atoms in total. The van der Waals surface area contributed by atoms with E-state index >= 15 is 0 Å². The minimum absolute atomic E-state index is 0.196. The maximum Gasteiger partial charge on any atom is 0.396 e. The lowest BCUT2D eigenvalue weighted by atomic mass is 10.1. The van der Waals surface area contributed by atoms with Gasteiger partial charge in [-0.1, -0.05) is 18.2 Å². The third-order valence-corrected chi connectivity index (χ3v) is 3.86. The molecule has 1 fully saturated rings. The van der Waals surface area contributed by atoms with Crippen LogP contribution in [0.25, 0.3) is 0 Å². The highest BCUT2D eigenvalue weighted by atomic mass is 16.5. The molecule has 0 unspecified atom stereocenters. The smallest absolute Gasteiger partial charge is 0.396 e. The summed E-state index contributed by atoms with van der Waals surface area (Å²) in [6, 6.07) is 8.14. The molecule has 23 heavy (non-hydrogen) atoms. The fourth-order valence-corrected chi connectivity index (χ4v) is 2.55. The molecule has 0 saturated carbocycles. The number of hydrogen-bond donors (Lipinski definition) is 1. The van der Waals surface area contributed by atoms with Crippen LogP contribution in [0, 0.1) is 6.92 Å². The Morgan fingerprint density at radius 2 is 1.78 bits per heavy atom. The second kappa shape index (κ2) is 7.62. The molecule has 1 aromatic rings. The molecule has 2 rings (SSSR count). The van der Waals surface area contributed by atoms with Gasteiger partial charge in [0.1, 0.15) is 0 Å². The van der Waals surface area contributed by atoms with Crippen molar-refractivity contribution >= 4 is 23.5 Å². The summed E-state index contributed by atoms with van der Waals surface area (Å²) in [7, 11) is 1.12. The Labute approximate surface area is 135 Å². The summed E-state index contributed by atoms with van der Waals surface area (Å²) in [6.45, 7) is 4.51. The first kappa shape index (κ1) is 16.8. The van der Waals surface area contributed by atoms with Crippen molar-refractivity contribution in [3.63, 3.8) is 0 Å². The van der Waals surface area contributed by atoms with Gasteiger partial charge in [-0.2, -0.15) is 0 Å². The Hall–Kier alpha value is -2.57. The minimum atomic E-state index is -0.998. The lowest BCUT2D eigenvalue weighted by Crippen LogP contribution is -2.51. The predicted octanol–water partition coefficient (Wildman–Crippen LogP) is -0.0672. The number of carbonyl (C=O) groups is 3. The van der Waals surface area contributed by atoms with Crippen molar-refractivity contribution < 1.29 is 19.1 Å². The van der Waals surface area contributed by atoms with Gasteiger partial charge in [0.2, 0.25) is 5.91 Å². The number of nitrogens with zero attached hydrogens (tertiary/aromatic N) is 2. The van der Waals surface area contributed by atoms with E-state index in [9.17, 15) is 14.4 Å². The zero-order chi connectivity index (χ0) is 16.8. The van der Waals surface area contributed by atoms with Crippen molar-refractivity contribution in [1.29, 1.82) is 0 Å². The summed E-state index contributed by atoms with van der Waals surface area (Å²) in [5.74, 6) is -2.10. The van der Waals surface area contributed by atoms with Gasteiger partial charge in [0.15, 0.2) is 0 Å². The van der Waals surface area contributed by atoms with Crippen molar-refractivity contribution in [3.8, 4) is 0 Å². The average molecular weight is 319 g/mol. The van der Waals surface area contributed by atoms with Crippen LogP contribution < -0.4 is 10.2 Å². The quantitative estimate of drug-likeness (QED) is 0.623. The Bertz CT molecular complexity index is 595. The van der Waals surface area contributed by atoms with Crippen molar-refractivity contribution in [1.82, 2.24) is 10.2 Å². The van der Waals surface area contributed by atoms with Crippen LogP contribution in [-0.4, -0.2) is 62.5 Å². The molecule has 0 aromatic heterocycles. The van der Waals surface area contributed by atoms with Crippen molar-refractivity contribution in [2.24, 2.45) is 0 Å². The summed E-state index contributed by atoms with van der Waals surface area (Å²) < 4.78 is 4.28. The second-order valence-corrected chi connectivity index (χ2v) is 5.33. The number of para-hydroxylation sites is 1. The predicted molar refractivity (Wildman–Crippen MR) is 85.0 cm³/mol. The van der Waals surface area contributed by atoms with E-state index in [1.165, 1.54) is 11.3 Å². The first-order valence-electron chi connectivity index (χ1n) is 7.47. The van der Waals surface area contributed by atoms with E-state index in [2.05, 4.69) is 34.0 Å². The topological polar surface area (TPSA) is 78.9 Å². The molecule has 0 bridgehead atoms. The van der Waals surface area contributed by atoms with Gasteiger partial charge in [-0.15, -0.1) is 0 Å². The lowest BCUT2D eigenvalue weighted by Gasteiger charge is -2.36. The average Bonchev–Trinajstić information content (AvgIpc) is 2.59. The van der Waals surface area contributed by atoms with Gasteiger partial charge in [0, 0.05) is 31.9 Å². The van der Waals surface area contributed by atoms with Crippen molar-refractivity contribution in [2.75, 3.05) is 44.7 Å². The Kier molecular flexibility index (Phi) is 5.56. The molecule has 124 valence electrons. The molecule has 1 aromatic carbocycles. The molecule has 0 atom stereocenters. The number of rotatable bonds is 3. The van der Waals surface area contributed by atoms with Gasteiger partial charge in [0.05, 0.1) is 13.7 Å². The van der Waals surface area contributed by atoms with E-state index < -0.39 is 11.9 Å². The molecule has 1 heterocycles. The van der Waals surface area contributed by atoms with Crippen LogP contribution in [0.5, 0.6) is 0 Å². The summed E-state index contributed by atoms with van der Waals surface area (Å²) in [5.41, 5.74) is 2.39. The monoisotopic (exact) mass is 319 g/mol. The third-order valence-electron chi connectivity index (χ3n) is 3.86. The van der Waals surface area contributed by atoms with Gasteiger partial charge in [-0.25, -0.2) is 4.79 Å². The van der Waals surface area contributed by atoms with Crippen LogP contribution in [0.3, 0.4) is 0 Å². The summed E-state index contributed by atoms with van der Waals surface area (Å²) >= 11 is 0. The molecule has 1 saturated heterocycles. The first-order valence-corrected chi connectivity index (χ1v) is 7.47. The summed E-state index contributed by atoms with van der Waals surface area (Å²) in [6.07, 6.45) is 0. The van der Waals surface area contributed by atoms with Crippen LogP contribution in [0.4, 0.5) is 5.69 Å². The highest BCUT2D eigenvalue weighted by molar-refractivity contribution is 6.32. The Morgan fingerprint density at radius 1 is 1.13 bits per heavy atom. The number of esters is 1. The van der Waals surface area contributed by atoms with Gasteiger partial charge in [-0.3, -0.25) is 9.59 Å². The van der Waals surface area contributed by atoms with Gasteiger partial charge < -0.3 is 19.9 Å². The van der Waals surface area contributed by atoms with E-state index in [-0.39, 0.29) is 12.5 Å². The standard InChI is InChI=1S/C16H21N3O4/c1-12-5-3-4-6-13(12)18-7-9-19(10-8-18)14(20)11-17-15(21)16(22)23-2/h3-6H,7-11H2,1-2H3,(H,17,21). The van der Waals surface area contributed by atoms with Crippen molar-refractivity contribution in [2.45, 2.75) is 6.92 Å². The van der Waals surface area contributed by atoms with Gasteiger partial charge in [0.25, 0.3) is 0 Å². The third kappa shape index (κ3) is 4.21. The van der Waals surface area contributed by atoms with E-state index in [4.69, 9.17) is 0 Å². The Morgan fingerprint density at radius 3 is 2.39 bits per heavy atom. The summed E-state index contributed by atoms with van der Waals surface area (Å²) in [4.78, 5) is 38.2. The fourth-order valence-electron chi connectivity index (χ4n) is 2.55. The number of ether oxygens (including phenoxy) is 1. The fraction of sp³-hybridized carbons (Fsp3) is 0.438. The molecule has 1 N–H and O–H groups in total. The summed E-state index contributed by atoms with van der Waals surface area (Å²) in [5, 5.41) is 2.26. The highest BCUT2D eigenvalue weighted by Crippen LogP contribution is 2.20. The molecular weight excluding hydrogens is 298 g/mol. The molecule has 0 aliphatic carbocycles. The molecule has 7 heteroatoms. The van der Waals surface area contributed by atoms with Crippen LogP contribution in [0.2, 0.25) is 0 Å².